The third-order valence-electron chi connectivity index (χ3n) is 3.18. The van der Waals surface area contributed by atoms with Gasteiger partial charge in [0.2, 0.25) is 0 Å². The molecule has 0 amide bonds. The van der Waals surface area contributed by atoms with Crippen LogP contribution in [-0.4, -0.2) is 37.8 Å². The van der Waals surface area contributed by atoms with Crippen LogP contribution in [0.4, 0.5) is 5.13 Å². The molecular formula is C14H27N3OS. The van der Waals surface area contributed by atoms with Gasteiger partial charge in [0, 0.05) is 25.1 Å². The lowest BCUT2D eigenvalue weighted by Crippen LogP contribution is -2.36. The number of anilines is 1. The molecule has 1 aromatic rings. The summed E-state index contributed by atoms with van der Waals surface area (Å²) in [6.07, 6.45) is 1.15. The molecule has 0 saturated carbocycles. The van der Waals surface area contributed by atoms with Gasteiger partial charge >= 0.3 is 0 Å². The van der Waals surface area contributed by atoms with Crippen LogP contribution in [0.15, 0.2) is 5.38 Å². The first-order valence-corrected chi connectivity index (χ1v) is 7.96. The molecule has 1 rings (SSSR count). The van der Waals surface area contributed by atoms with Gasteiger partial charge in [-0.25, -0.2) is 4.98 Å². The number of likely N-dealkylation sites (N-methyl/N-ethyl adjacent to an activating group) is 1. The van der Waals surface area contributed by atoms with Gasteiger partial charge in [0.15, 0.2) is 5.13 Å². The largest absolute Gasteiger partial charge is 0.383 e. The number of methoxy groups -OCH3 is 1. The van der Waals surface area contributed by atoms with Gasteiger partial charge < -0.3 is 15.0 Å². The molecule has 110 valence electrons. The highest BCUT2D eigenvalue weighted by molar-refractivity contribution is 7.13. The first kappa shape index (κ1) is 16.4. The molecule has 0 fully saturated rings. The maximum atomic E-state index is 5.24. The van der Waals surface area contributed by atoms with Gasteiger partial charge in [0.1, 0.15) is 0 Å². The molecule has 2 atom stereocenters. The Balaban J connectivity index is 2.70. The van der Waals surface area contributed by atoms with Crippen molar-refractivity contribution in [3.63, 3.8) is 0 Å². The second-order valence-corrected chi connectivity index (χ2v) is 5.66. The fourth-order valence-corrected chi connectivity index (χ4v) is 3.12. The minimum absolute atomic E-state index is 0.321. The highest BCUT2D eigenvalue weighted by Crippen LogP contribution is 2.25. The monoisotopic (exact) mass is 285 g/mol. The summed E-state index contributed by atoms with van der Waals surface area (Å²) in [5.41, 5.74) is 1.14. The standard InChI is InChI=1S/C14H27N3OS/c1-6-8-15-12(4)13-10-19-14(16-13)17(7-2)11(3)9-18-5/h10-12,15H,6-9H2,1-5H3. The normalized spacial score (nSPS) is 14.4. The Morgan fingerprint density at radius 2 is 2.16 bits per heavy atom. The molecule has 4 nitrogen and oxygen atoms in total. The number of thiazole rings is 1. The van der Waals surface area contributed by atoms with Crippen molar-refractivity contribution in [3.05, 3.63) is 11.1 Å². The first-order valence-electron chi connectivity index (χ1n) is 7.08. The number of nitrogens with one attached hydrogen (secondary N) is 1. The zero-order valence-electron chi connectivity index (χ0n) is 12.8. The number of hydrogen-bond acceptors (Lipinski definition) is 5. The fourth-order valence-electron chi connectivity index (χ4n) is 2.04. The van der Waals surface area contributed by atoms with E-state index in [9.17, 15) is 0 Å². The zero-order chi connectivity index (χ0) is 14.3. The Morgan fingerprint density at radius 1 is 1.42 bits per heavy atom. The molecule has 1 N–H and O–H groups in total. The SMILES string of the molecule is CCCNC(C)c1csc(N(CC)C(C)COC)n1. The Morgan fingerprint density at radius 3 is 2.74 bits per heavy atom. The summed E-state index contributed by atoms with van der Waals surface area (Å²) in [4.78, 5) is 7.06. The summed E-state index contributed by atoms with van der Waals surface area (Å²) in [5, 5.41) is 6.72. The summed E-state index contributed by atoms with van der Waals surface area (Å²) in [7, 11) is 1.74. The third kappa shape index (κ3) is 4.75. The highest BCUT2D eigenvalue weighted by Gasteiger charge is 2.17. The summed E-state index contributed by atoms with van der Waals surface area (Å²) in [5.74, 6) is 0. The van der Waals surface area contributed by atoms with Crippen LogP contribution in [0.25, 0.3) is 0 Å². The minimum Gasteiger partial charge on any atom is -0.383 e. The van der Waals surface area contributed by atoms with E-state index in [0.717, 1.165) is 36.9 Å². The fraction of sp³-hybridized carbons (Fsp3) is 0.786. The number of ether oxygens (including phenoxy) is 1. The van der Waals surface area contributed by atoms with Crippen molar-refractivity contribution in [1.82, 2.24) is 10.3 Å². The van der Waals surface area contributed by atoms with Crippen molar-refractivity contribution in [3.8, 4) is 0 Å². The maximum Gasteiger partial charge on any atom is 0.185 e. The van der Waals surface area contributed by atoms with Gasteiger partial charge in [0.05, 0.1) is 18.3 Å². The Bertz CT molecular complexity index is 356. The summed E-state index contributed by atoms with van der Waals surface area (Å²) in [6, 6.07) is 0.675. The van der Waals surface area contributed by atoms with Crippen LogP contribution in [0.2, 0.25) is 0 Å². The molecule has 2 unspecified atom stereocenters. The quantitative estimate of drug-likeness (QED) is 0.756. The summed E-state index contributed by atoms with van der Waals surface area (Å²) < 4.78 is 5.24. The van der Waals surface area contributed by atoms with Crippen molar-refractivity contribution < 1.29 is 4.74 Å². The van der Waals surface area contributed by atoms with E-state index in [2.05, 4.69) is 43.3 Å². The van der Waals surface area contributed by atoms with E-state index in [-0.39, 0.29) is 0 Å². The topological polar surface area (TPSA) is 37.4 Å². The van der Waals surface area contributed by atoms with Crippen molar-refractivity contribution in [2.24, 2.45) is 0 Å². The van der Waals surface area contributed by atoms with E-state index in [0.29, 0.717) is 12.1 Å². The molecule has 0 aliphatic heterocycles. The molecule has 0 aromatic carbocycles. The Kier molecular flexibility index (Phi) is 7.34. The molecular weight excluding hydrogens is 258 g/mol. The van der Waals surface area contributed by atoms with Crippen molar-refractivity contribution in [2.75, 3.05) is 31.7 Å². The maximum absolute atomic E-state index is 5.24. The highest BCUT2D eigenvalue weighted by atomic mass is 32.1. The van der Waals surface area contributed by atoms with E-state index in [1.807, 2.05) is 0 Å². The van der Waals surface area contributed by atoms with Crippen LogP contribution >= 0.6 is 11.3 Å². The van der Waals surface area contributed by atoms with Crippen LogP contribution in [0.1, 0.15) is 45.9 Å². The lowest BCUT2D eigenvalue weighted by molar-refractivity contribution is 0.182. The van der Waals surface area contributed by atoms with Gasteiger partial charge in [0.25, 0.3) is 0 Å². The smallest absolute Gasteiger partial charge is 0.185 e. The van der Waals surface area contributed by atoms with Crippen LogP contribution < -0.4 is 10.2 Å². The predicted molar refractivity (Wildman–Crippen MR) is 83.2 cm³/mol. The van der Waals surface area contributed by atoms with Gasteiger partial charge in [-0.3, -0.25) is 0 Å². The molecule has 0 saturated heterocycles. The molecule has 5 heteroatoms. The van der Waals surface area contributed by atoms with Gasteiger partial charge in [-0.2, -0.15) is 0 Å². The van der Waals surface area contributed by atoms with Crippen LogP contribution in [0.5, 0.6) is 0 Å². The van der Waals surface area contributed by atoms with E-state index < -0.39 is 0 Å². The second kappa shape index (κ2) is 8.51. The first-order chi connectivity index (χ1) is 9.13. The number of rotatable bonds is 9. The minimum atomic E-state index is 0.321. The van der Waals surface area contributed by atoms with E-state index >= 15 is 0 Å². The van der Waals surface area contributed by atoms with Crippen LogP contribution in [0.3, 0.4) is 0 Å². The summed E-state index contributed by atoms with van der Waals surface area (Å²) in [6.45, 7) is 11.4. The average molecular weight is 285 g/mol. The van der Waals surface area contributed by atoms with Crippen LogP contribution in [0, 0.1) is 0 Å². The molecule has 0 spiro atoms. The summed E-state index contributed by atoms with van der Waals surface area (Å²) >= 11 is 1.72. The van der Waals surface area contributed by atoms with Gasteiger partial charge in [-0.1, -0.05) is 6.92 Å². The number of nitrogens with zero attached hydrogens (tertiary/aromatic N) is 2. The zero-order valence-corrected chi connectivity index (χ0v) is 13.6. The van der Waals surface area contributed by atoms with Crippen molar-refractivity contribution in [1.29, 1.82) is 0 Å². The molecule has 0 aliphatic rings. The van der Waals surface area contributed by atoms with Gasteiger partial charge in [-0.05, 0) is 33.7 Å². The van der Waals surface area contributed by atoms with E-state index in [4.69, 9.17) is 9.72 Å². The van der Waals surface area contributed by atoms with Crippen molar-refractivity contribution >= 4 is 16.5 Å². The molecule has 0 radical (unpaired) electrons. The van der Waals surface area contributed by atoms with Crippen LogP contribution in [-0.2, 0) is 4.74 Å². The van der Waals surface area contributed by atoms with E-state index in [1.54, 1.807) is 18.4 Å². The van der Waals surface area contributed by atoms with Crippen molar-refractivity contribution in [2.45, 2.75) is 46.2 Å². The Hall–Kier alpha value is -0.650. The Labute approximate surface area is 121 Å². The molecule has 1 heterocycles. The molecule has 0 aliphatic carbocycles. The predicted octanol–water partition coefficient (Wildman–Crippen LogP) is 3.06. The molecule has 1 aromatic heterocycles. The molecule has 0 bridgehead atoms. The number of hydrogen-bond donors (Lipinski definition) is 1. The van der Waals surface area contributed by atoms with E-state index in [1.165, 1.54) is 0 Å². The molecule has 19 heavy (non-hydrogen) atoms. The lowest BCUT2D eigenvalue weighted by Gasteiger charge is -2.26. The average Bonchev–Trinajstić information content (AvgIpc) is 2.86. The second-order valence-electron chi connectivity index (χ2n) is 4.82. The third-order valence-corrected chi connectivity index (χ3v) is 4.08. The lowest BCUT2D eigenvalue weighted by atomic mass is 10.2. The van der Waals surface area contributed by atoms with Gasteiger partial charge in [-0.15, -0.1) is 11.3 Å². The number of aromatic nitrogens is 1.